The summed E-state index contributed by atoms with van der Waals surface area (Å²) < 4.78 is 27.5. The van der Waals surface area contributed by atoms with Gasteiger partial charge in [0.1, 0.15) is 11.5 Å². The number of hydrogen-bond acceptors (Lipinski definition) is 8. The van der Waals surface area contributed by atoms with Crippen molar-refractivity contribution in [1.29, 1.82) is 0 Å². The standard InChI is InChI=1S/C24H33N3O6/c1-29-12-7-21-25-22(33-26-21)14-17-6-13-32-24(16-17)8-10-27(11-9-24)23(28)19-5-4-18(30-2)15-20(19)31-3/h4-5,15,17H,6-14,16H2,1-3H3. The lowest BCUT2D eigenvalue weighted by Crippen LogP contribution is -2.51. The molecule has 0 radical (unpaired) electrons. The smallest absolute Gasteiger partial charge is 0.257 e. The minimum Gasteiger partial charge on any atom is -0.497 e. The molecule has 0 saturated carbocycles. The van der Waals surface area contributed by atoms with Crippen molar-refractivity contribution >= 4 is 5.91 Å². The van der Waals surface area contributed by atoms with E-state index in [1.165, 1.54) is 0 Å². The zero-order chi connectivity index (χ0) is 23.3. The molecule has 0 N–H and O–H groups in total. The highest BCUT2D eigenvalue weighted by atomic mass is 16.5. The molecule has 3 heterocycles. The summed E-state index contributed by atoms with van der Waals surface area (Å²) in [5.74, 6) is 2.97. The number of nitrogens with zero attached hydrogens (tertiary/aromatic N) is 3. The average molecular weight is 460 g/mol. The molecule has 2 aliphatic rings. The maximum Gasteiger partial charge on any atom is 0.257 e. The number of ether oxygens (including phenoxy) is 4. The molecule has 4 rings (SSSR count). The molecule has 1 unspecified atom stereocenters. The highest BCUT2D eigenvalue weighted by Gasteiger charge is 2.41. The number of benzene rings is 1. The van der Waals surface area contributed by atoms with Crippen LogP contribution in [0.25, 0.3) is 0 Å². The van der Waals surface area contributed by atoms with Crippen LogP contribution in [0.3, 0.4) is 0 Å². The molecule has 0 aliphatic carbocycles. The lowest BCUT2D eigenvalue weighted by molar-refractivity contribution is -0.124. The largest absolute Gasteiger partial charge is 0.497 e. The molecule has 9 heteroatoms. The Kier molecular flexibility index (Phi) is 7.49. The topological polar surface area (TPSA) is 96.2 Å². The third-order valence-corrected chi connectivity index (χ3v) is 6.70. The Labute approximate surface area is 194 Å². The Morgan fingerprint density at radius 1 is 1.21 bits per heavy atom. The van der Waals surface area contributed by atoms with E-state index in [4.69, 9.17) is 23.5 Å². The summed E-state index contributed by atoms with van der Waals surface area (Å²) in [5.41, 5.74) is 0.361. The van der Waals surface area contributed by atoms with Gasteiger partial charge in [-0.3, -0.25) is 4.79 Å². The second-order valence-corrected chi connectivity index (χ2v) is 8.80. The van der Waals surface area contributed by atoms with Crippen LogP contribution in [0, 0.1) is 5.92 Å². The van der Waals surface area contributed by atoms with E-state index in [1.54, 1.807) is 39.5 Å². The van der Waals surface area contributed by atoms with Crippen molar-refractivity contribution in [3.8, 4) is 11.5 Å². The number of carbonyl (C=O) groups is 1. The van der Waals surface area contributed by atoms with E-state index in [1.807, 2.05) is 4.90 Å². The fourth-order valence-electron chi connectivity index (χ4n) is 4.83. The molecule has 9 nitrogen and oxygen atoms in total. The van der Waals surface area contributed by atoms with Crippen LogP contribution < -0.4 is 9.47 Å². The first-order valence-electron chi connectivity index (χ1n) is 11.5. The van der Waals surface area contributed by atoms with Gasteiger partial charge in [0, 0.05) is 45.7 Å². The minimum absolute atomic E-state index is 0.0221. The zero-order valence-electron chi connectivity index (χ0n) is 19.7. The van der Waals surface area contributed by atoms with Crippen molar-refractivity contribution in [2.75, 3.05) is 47.6 Å². The maximum atomic E-state index is 13.2. The van der Waals surface area contributed by atoms with E-state index >= 15 is 0 Å². The first-order valence-corrected chi connectivity index (χ1v) is 11.5. The Morgan fingerprint density at radius 3 is 2.76 bits per heavy atom. The zero-order valence-corrected chi connectivity index (χ0v) is 19.7. The van der Waals surface area contributed by atoms with Crippen molar-refractivity contribution < 1.29 is 28.3 Å². The summed E-state index contributed by atoms with van der Waals surface area (Å²) >= 11 is 0. The van der Waals surface area contributed by atoms with Crippen molar-refractivity contribution in [2.24, 2.45) is 5.92 Å². The Hall–Kier alpha value is -2.65. The summed E-state index contributed by atoms with van der Waals surface area (Å²) in [6.07, 6.45) is 4.96. The monoisotopic (exact) mass is 459 g/mol. The Bertz CT molecular complexity index is 938. The van der Waals surface area contributed by atoms with Crippen LogP contribution in [0.2, 0.25) is 0 Å². The Balaban J connectivity index is 1.34. The van der Waals surface area contributed by atoms with Gasteiger partial charge in [0.05, 0.1) is 32.0 Å². The molecule has 180 valence electrons. The highest BCUT2D eigenvalue weighted by Crippen LogP contribution is 2.39. The van der Waals surface area contributed by atoms with Crippen molar-refractivity contribution in [3.63, 3.8) is 0 Å². The van der Waals surface area contributed by atoms with Gasteiger partial charge < -0.3 is 28.4 Å². The van der Waals surface area contributed by atoms with Gasteiger partial charge in [0.15, 0.2) is 5.82 Å². The van der Waals surface area contributed by atoms with Gasteiger partial charge in [-0.25, -0.2) is 0 Å². The summed E-state index contributed by atoms with van der Waals surface area (Å²) in [4.78, 5) is 19.6. The fraction of sp³-hybridized carbons (Fsp3) is 0.625. The summed E-state index contributed by atoms with van der Waals surface area (Å²) in [5, 5.41) is 4.05. The predicted molar refractivity (Wildman–Crippen MR) is 120 cm³/mol. The van der Waals surface area contributed by atoms with Crippen LogP contribution in [0.15, 0.2) is 22.7 Å². The van der Waals surface area contributed by atoms with E-state index in [-0.39, 0.29) is 11.5 Å². The number of rotatable bonds is 8. The van der Waals surface area contributed by atoms with Gasteiger partial charge in [-0.2, -0.15) is 4.98 Å². The first kappa shape index (κ1) is 23.5. The summed E-state index contributed by atoms with van der Waals surface area (Å²) in [6.45, 7) is 2.61. The van der Waals surface area contributed by atoms with E-state index in [9.17, 15) is 4.79 Å². The van der Waals surface area contributed by atoms with Gasteiger partial charge in [-0.15, -0.1) is 0 Å². The van der Waals surface area contributed by atoms with Gasteiger partial charge >= 0.3 is 0 Å². The number of hydrogen-bond donors (Lipinski definition) is 0. The molecule has 1 spiro atoms. The van der Waals surface area contributed by atoms with Crippen LogP contribution in [-0.2, 0) is 22.3 Å². The predicted octanol–water partition coefficient (Wildman–Crippen LogP) is 2.92. The average Bonchev–Trinajstić information content (AvgIpc) is 3.29. The van der Waals surface area contributed by atoms with E-state index in [0.717, 1.165) is 38.7 Å². The number of aromatic nitrogens is 2. The SMILES string of the molecule is COCCc1noc(CC2CCOC3(CCN(C(=O)c4ccc(OC)cc4OC)CC3)C2)n1. The molecule has 0 bridgehead atoms. The normalized spacial score (nSPS) is 20.1. The Morgan fingerprint density at radius 2 is 2.03 bits per heavy atom. The molecule has 1 atom stereocenters. The number of amides is 1. The molecule has 2 fully saturated rings. The van der Waals surface area contributed by atoms with Crippen LogP contribution in [0.1, 0.15) is 47.8 Å². The molecule has 2 aromatic rings. The molecule has 1 aromatic carbocycles. The molecule has 2 saturated heterocycles. The molecule has 2 aliphatic heterocycles. The number of carbonyl (C=O) groups excluding carboxylic acids is 1. The lowest BCUT2D eigenvalue weighted by Gasteiger charge is -2.46. The summed E-state index contributed by atoms with van der Waals surface area (Å²) in [6, 6.07) is 5.29. The van der Waals surface area contributed by atoms with E-state index < -0.39 is 0 Å². The van der Waals surface area contributed by atoms with E-state index in [2.05, 4.69) is 10.1 Å². The van der Waals surface area contributed by atoms with Crippen molar-refractivity contribution in [3.05, 3.63) is 35.5 Å². The van der Waals surface area contributed by atoms with Crippen LogP contribution in [-0.4, -0.2) is 74.2 Å². The molecule has 33 heavy (non-hydrogen) atoms. The van der Waals surface area contributed by atoms with E-state index in [0.29, 0.717) is 60.8 Å². The van der Waals surface area contributed by atoms with Gasteiger partial charge in [0.2, 0.25) is 5.89 Å². The van der Waals surface area contributed by atoms with Crippen LogP contribution in [0.4, 0.5) is 0 Å². The first-order chi connectivity index (χ1) is 16.1. The lowest BCUT2D eigenvalue weighted by atomic mass is 9.78. The number of piperidine rings is 1. The second-order valence-electron chi connectivity index (χ2n) is 8.80. The maximum absolute atomic E-state index is 13.2. The van der Waals surface area contributed by atoms with Gasteiger partial charge in [-0.1, -0.05) is 5.16 Å². The second kappa shape index (κ2) is 10.5. The highest BCUT2D eigenvalue weighted by molar-refractivity contribution is 5.97. The van der Waals surface area contributed by atoms with Crippen molar-refractivity contribution in [1.82, 2.24) is 15.0 Å². The minimum atomic E-state index is -0.192. The molecule has 1 aromatic heterocycles. The summed E-state index contributed by atoms with van der Waals surface area (Å²) in [7, 11) is 4.82. The van der Waals surface area contributed by atoms with Crippen LogP contribution >= 0.6 is 0 Å². The molecular formula is C24H33N3O6. The van der Waals surface area contributed by atoms with Gasteiger partial charge in [0.25, 0.3) is 5.91 Å². The van der Waals surface area contributed by atoms with Gasteiger partial charge in [-0.05, 0) is 43.7 Å². The van der Waals surface area contributed by atoms with Crippen molar-refractivity contribution in [2.45, 2.75) is 44.1 Å². The van der Waals surface area contributed by atoms with Crippen LogP contribution in [0.5, 0.6) is 11.5 Å². The third-order valence-electron chi connectivity index (χ3n) is 6.70. The third kappa shape index (κ3) is 5.47. The number of methoxy groups -OCH3 is 3. The number of likely N-dealkylation sites (tertiary alicyclic amines) is 1. The quantitative estimate of drug-likeness (QED) is 0.595. The molecular weight excluding hydrogens is 426 g/mol. The molecule has 1 amide bonds. The fourth-order valence-corrected chi connectivity index (χ4v) is 4.83.